The number of piperazine rings is 1. The number of aryl methyl sites for hydroxylation is 1. The lowest BCUT2D eigenvalue weighted by Gasteiger charge is -2.37. The zero-order chi connectivity index (χ0) is 17.7. The highest BCUT2D eigenvalue weighted by molar-refractivity contribution is 7.99. The van der Waals surface area contributed by atoms with Gasteiger partial charge >= 0.3 is 0 Å². The van der Waals surface area contributed by atoms with Gasteiger partial charge in [-0.15, -0.1) is 11.8 Å². The van der Waals surface area contributed by atoms with Gasteiger partial charge in [-0.3, -0.25) is 4.79 Å². The van der Waals surface area contributed by atoms with Crippen molar-refractivity contribution in [1.82, 2.24) is 9.47 Å². The van der Waals surface area contributed by atoms with E-state index in [0.717, 1.165) is 31.1 Å². The number of benzene rings is 1. The number of hydrogen-bond donors (Lipinski definition) is 0. The van der Waals surface area contributed by atoms with Crippen molar-refractivity contribution in [3.8, 4) is 0 Å². The Bertz CT molecular complexity index is 890. The summed E-state index contributed by atoms with van der Waals surface area (Å²) in [6.45, 7) is 4.44. The number of thioether (sulfide) groups is 1. The van der Waals surface area contributed by atoms with E-state index in [2.05, 4.69) is 16.8 Å². The molecule has 0 saturated carbocycles. The fraction of sp³-hybridized carbons (Fsp3) is 0.500. The molecule has 2 aliphatic rings. The Hall–Kier alpha value is -1.60. The number of aromatic nitrogens is 1. The molecule has 0 amide bonds. The summed E-state index contributed by atoms with van der Waals surface area (Å²) in [4.78, 5) is 17.6. The molecule has 1 saturated heterocycles. The third-order valence-corrected chi connectivity index (χ3v) is 6.41. The Morgan fingerprint density at radius 2 is 2.00 bits per heavy atom. The Labute approximate surface area is 149 Å². The van der Waals surface area contributed by atoms with Gasteiger partial charge in [0.2, 0.25) is 0 Å². The van der Waals surface area contributed by atoms with Crippen molar-refractivity contribution in [3.63, 3.8) is 0 Å². The summed E-state index contributed by atoms with van der Waals surface area (Å²) < 4.78 is 30.4. The van der Waals surface area contributed by atoms with Crippen LogP contribution in [0.3, 0.4) is 0 Å². The van der Waals surface area contributed by atoms with E-state index in [1.165, 1.54) is 17.8 Å². The number of pyridine rings is 1. The predicted molar refractivity (Wildman–Crippen MR) is 98.3 cm³/mol. The molecule has 2 aliphatic heterocycles. The van der Waals surface area contributed by atoms with Gasteiger partial charge in [0.25, 0.3) is 0 Å². The van der Waals surface area contributed by atoms with Crippen LogP contribution in [0.25, 0.3) is 10.9 Å². The SMILES string of the molecule is Cc1cn2c3c(c(N4CCN(C)CC4)c(F)cc3c1=O)SCC2CF. The summed E-state index contributed by atoms with van der Waals surface area (Å²) in [6.07, 6.45) is 1.73. The van der Waals surface area contributed by atoms with E-state index in [1.807, 2.05) is 4.57 Å². The van der Waals surface area contributed by atoms with Crippen molar-refractivity contribution in [2.45, 2.75) is 17.9 Å². The first-order valence-corrected chi connectivity index (χ1v) is 9.50. The second-order valence-electron chi connectivity index (χ2n) is 6.89. The number of nitrogens with zero attached hydrogens (tertiary/aromatic N) is 3. The Morgan fingerprint density at radius 1 is 1.28 bits per heavy atom. The number of halogens is 2. The molecule has 3 heterocycles. The van der Waals surface area contributed by atoms with Crippen molar-refractivity contribution in [1.29, 1.82) is 0 Å². The van der Waals surface area contributed by atoms with Gasteiger partial charge in [0.15, 0.2) is 5.43 Å². The monoisotopic (exact) mass is 365 g/mol. The maximum Gasteiger partial charge on any atom is 0.192 e. The van der Waals surface area contributed by atoms with Crippen LogP contribution in [0.5, 0.6) is 0 Å². The number of likely N-dealkylation sites (N-methyl/N-ethyl adjacent to an activating group) is 1. The summed E-state index contributed by atoms with van der Waals surface area (Å²) in [7, 11) is 2.05. The molecule has 0 radical (unpaired) electrons. The Kier molecular flexibility index (Phi) is 4.24. The number of rotatable bonds is 2. The van der Waals surface area contributed by atoms with Crippen LogP contribution >= 0.6 is 11.8 Å². The van der Waals surface area contributed by atoms with Crippen molar-refractivity contribution in [2.24, 2.45) is 0 Å². The van der Waals surface area contributed by atoms with Gasteiger partial charge in [-0.2, -0.15) is 0 Å². The van der Waals surface area contributed by atoms with E-state index in [4.69, 9.17) is 0 Å². The number of hydrogen-bond acceptors (Lipinski definition) is 4. The van der Waals surface area contributed by atoms with Gasteiger partial charge in [0, 0.05) is 43.7 Å². The molecule has 1 unspecified atom stereocenters. The van der Waals surface area contributed by atoms with Gasteiger partial charge in [-0.25, -0.2) is 8.78 Å². The molecule has 0 N–H and O–H groups in total. The smallest absolute Gasteiger partial charge is 0.192 e. The summed E-state index contributed by atoms with van der Waals surface area (Å²) in [6, 6.07) is 1.03. The van der Waals surface area contributed by atoms with Crippen LogP contribution in [0.4, 0.5) is 14.5 Å². The Balaban J connectivity index is 1.98. The molecular weight excluding hydrogens is 344 g/mol. The maximum atomic E-state index is 15.0. The summed E-state index contributed by atoms with van der Waals surface area (Å²) in [5, 5.41) is 0.357. The fourth-order valence-corrected chi connectivity index (χ4v) is 5.03. The van der Waals surface area contributed by atoms with Crippen LogP contribution in [0, 0.1) is 12.7 Å². The standard InChI is InChI=1S/C18H21F2N3OS/c1-11-9-23-12(8-19)10-25-18-15(23)13(17(11)24)7-14(20)16(18)22-5-3-21(2)4-6-22/h7,9,12H,3-6,8,10H2,1-2H3. The van der Waals surface area contributed by atoms with Crippen LogP contribution in [-0.2, 0) is 0 Å². The average Bonchev–Trinajstić information content (AvgIpc) is 2.60. The summed E-state index contributed by atoms with van der Waals surface area (Å²) in [5.74, 6) is 0.193. The van der Waals surface area contributed by atoms with E-state index < -0.39 is 6.67 Å². The lowest BCUT2D eigenvalue weighted by molar-refractivity contribution is 0.311. The molecule has 0 spiro atoms. The molecule has 134 valence electrons. The molecule has 2 aromatic rings. The maximum absolute atomic E-state index is 15.0. The van der Waals surface area contributed by atoms with Crippen LogP contribution in [0.2, 0.25) is 0 Å². The van der Waals surface area contributed by atoms with Gasteiger partial charge in [0.05, 0.1) is 27.5 Å². The lowest BCUT2D eigenvalue weighted by Crippen LogP contribution is -2.45. The van der Waals surface area contributed by atoms with Crippen LogP contribution < -0.4 is 10.3 Å². The van der Waals surface area contributed by atoms with Crippen molar-refractivity contribution < 1.29 is 8.78 Å². The molecule has 0 aliphatic carbocycles. The van der Waals surface area contributed by atoms with E-state index >= 15 is 4.39 Å². The van der Waals surface area contributed by atoms with Crippen molar-refractivity contribution >= 4 is 28.4 Å². The van der Waals surface area contributed by atoms with E-state index in [1.54, 1.807) is 13.1 Å². The van der Waals surface area contributed by atoms with Crippen LogP contribution in [-0.4, -0.2) is 55.1 Å². The van der Waals surface area contributed by atoms with Gasteiger partial charge < -0.3 is 14.4 Å². The van der Waals surface area contributed by atoms with E-state index in [-0.39, 0.29) is 17.3 Å². The molecule has 4 rings (SSSR count). The number of alkyl halides is 1. The Morgan fingerprint density at radius 3 is 2.68 bits per heavy atom. The average molecular weight is 365 g/mol. The fourth-order valence-electron chi connectivity index (χ4n) is 3.71. The number of anilines is 1. The minimum absolute atomic E-state index is 0.170. The van der Waals surface area contributed by atoms with Gasteiger partial charge in [-0.05, 0) is 20.0 Å². The molecule has 0 bridgehead atoms. The van der Waals surface area contributed by atoms with Crippen LogP contribution in [0.1, 0.15) is 11.6 Å². The molecule has 1 aromatic carbocycles. The second-order valence-corrected chi connectivity index (χ2v) is 7.92. The van der Waals surface area contributed by atoms with Gasteiger partial charge in [-0.1, -0.05) is 0 Å². The molecule has 25 heavy (non-hydrogen) atoms. The lowest BCUT2D eigenvalue weighted by atomic mass is 10.1. The highest BCUT2D eigenvalue weighted by Crippen LogP contribution is 2.44. The molecule has 1 aromatic heterocycles. The van der Waals surface area contributed by atoms with Crippen LogP contribution in [0.15, 0.2) is 22.0 Å². The second kappa shape index (κ2) is 6.29. The highest BCUT2D eigenvalue weighted by Gasteiger charge is 2.30. The van der Waals surface area contributed by atoms with E-state index in [0.29, 0.717) is 27.9 Å². The largest absolute Gasteiger partial charge is 0.366 e. The molecule has 4 nitrogen and oxygen atoms in total. The zero-order valence-corrected chi connectivity index (χ0v) is 15.2. The topological polar surface area (TPSA) is 28.5 Å². The first-order valence-electron chi connectivity index (χ1n) is 8.51. The third kappa shape index (κ3) is 2.64. The minimum Gasteiger partial charge on any atom is -0.366 e. The van der Waals surface area contributed by atoms with Crippen molar-refractivity contribution in [3.05, 3.63) is 33.9 Å². The quantitative estimate of drug-likeness (QED) is 0.818. The van der Waals surface area contributed by atoms with E-state index in [9.17, 15) is 9.18 Å². The molecule has 1 atom stereocenters. The first-order chi connectivity index (χ1) is 12.0. The first kappa shape index (κ1) is 16.8. The molecule has 7 heteroatoms. The minimum atomic E-state index is -0.495. The van der Waals surface area contributed by atoms with Crippen molar-refractivity contribution in [2.75, 3.05) is 50.6 Å². The van der Waals surface area contributed by atoms with Gasteiger partial charge in [0.1, 0.15) is 12.5 Å². The predicted octanol–water partition coefficient (Wildman–Crippen LogP) is 2.82. The summed E-state index contributed by atoms with van der Waals surface area (Å²) >= 11 is 1.47. The summed E-state index contributed by atoms with van der Waals surface area (Å²) in [5.41, 5.74) is 1.61. The molecular formula is C18H21F2N3OS. The normalized spacial score (nSPS) is 21.1. The highest BCUT2D eigenvalue weighted by atomic mass is 32.2. The molecule has 1 fully saturated rings. The third-order valence-electron chi connectivity index (χ3n) is 5.19. The zero-order valence-electron chi connectivity index (χ0n) is 14.4.